The van der Waals surface area contributed by atoms with Gasteiger partial charge >= 0.3 is 0 Å². The molecule has 8 nitrogen and oxygen atoms in total. The van der Waals surface area contributed by atoms with E-state index in [1.807, 2.05) is 4.90 Å². The molecule has 2 aromatic rings. The summed E-state index contributed by atoms with van der Waals surface area (Å²) in [5, 5.41) is 3.41. The number of likely N-dealkylation sites (tertiary alicyclic amines) is 1. The molecule has 0 unspecified atom stereocenters. The number of nitrogens with zero attached hydrogens (tertiary/aromatic N) is 4. The lowest BCUT2D eigenvalue weighted by Gasteiger charge is -2.34. The van der Waals surface area contributed by atoms with Gasteiger partial charge in [0.2, 0.25) is 17.7 Å². The van der Waals surface area contributed by atoms with Crippen LogP contribution in [-0.4, -0.2) is 78.3 Å². The van der Waals surface area contributed by atoms with Gasteiger partial charge in [0.25, 0.3) is 0 Å². The first-order valence-electron chi connectivity index (χ1n) is 9.73. The number of thiazole rings is 1. The number of imide groups is 1. The van der Waals surface area contributed by atoms with Crippen molar-refractivity contribution in [1.82, 2.24) is 20.1 Å². The molecule has 0 atom stereocenters. The number of benzene rings is 1. The summed E-state index contributed by atoms with van der Waals surface area (Å²) in [5.41, 5.74) is 0.191. The van der Waals surface area contributed by atoms with Crippen molar-refractivity contribution in [3.05, 3.63) is 23.8 Å². The maximum absolute atomic E-state index is 13.9. The number of aromatic nitrogens is 1. The highest BCUT2D eigenvalue weighted by molar-refractivity contribution is 7.22. The molecule has 3 amide bonds. The van der Waals surface area contributed by atoms with Crippen LogP contribution < -0.4 is 10.2 Å². The van der Waals surface area contributed by atoms with Gasteiger partial charge in [0.05, 0.1) is 4.70 Å². The van der Waals surface area contributed by atoms with Gasteiger partial charge in [-0.15, -0.1) is 0 Å². The van der Waals surface area contributed by atoms with Crippen molar-refractivity contribution in [2.45, 2.75) is 12.8 Å². The fourth-order valence-corrected chi connectivity index (χ4v) is 4.65. The number of anilines is 1. The molecule has 3 heterocycles. The first-order chi connectivity index (χ1) is 14.4. The maximum atomic E-state index is 13.9. The molecule has 0 radical (unpaired) electrons. The number of amides is 3. The Morgan fingerprint density at radius 2 is 1.80 bits per heavy atom. The molecule has 30 heavy (non-hydrogen) atoms. The van der Waals surface area contributed by atoms with Crippen LogP contribution in [-0.2, 0) is 14.4 Å². The van der Waals surface area contributed by atoms with Crippen LogP contribution in [0.4, 0.5) is 13.9 Å². The number of rotatable bonds is 6. The minimum absolute atomic E-state index is 0.173. The molecule has 1 aromatic carbocycles. The zero-order chi connectivity index (χ0) is 21.3. The molecule has 11 heteroatoms. The number of hydrogen-bond acceptors (Lipinski definition) is 7. The van der Waals surface area contributed by atoms with Gasteiger partial charge in [0.1, 0.15) is 17.9 Å². The van der Waals surface area contributed by atoms with Crippen molar-refractivity contribution >= 4 is 44.4 Å². The Labute approximate surface area is 175 Å². The van der Waals surface area contributed by atoms with Gasteiger partial charge in [-0.2, -0.15) is 0 Å². The summed E-state index contributed by atoms with van der Waals surface area (Å²) in [6.45, 7) is 3.70. The Hall–Kier alpha value is -2.66. The molecular weight excluding hydrogens is 416 g/mol. The number of fused-ring (bicyclic) bond motifs is 1. The largest absolute Gasteiger partial charge is 0.353 e. The van der Waals surface area contributed by atoms with Crippen molar-refractivity contribution in [1.29, 1.82) is 0 Å². The Kier molecular flexibility index (Phi) is 5.91. The zero-order valence-electron chi connectivity index (χ0n) is 16.2. The van der Waals surface area contributed by atoms with E-state index in [0.29, 0.717) is 36.0 Å². The van der Waals surface area contributed by atoms with E-state index in [-0.39, 0.29) is 42.6 Å². The molecule has 0 saturated carbocycles. The van der Waals surface area contributed by atoms with E-state index in [0.717, 1.165) is 24.1 Å². The van der Waals surface area contributed by atoms with Crippen LogP contribution in [0.15, 0.2) is 12.1 Å². The monoisotopic (exact) mass is 437 g/mol. The summed E-state index contributed by atoms with van der Waals surface area (Å²) in [4.78, 5) is 44.6. The lowest BCUT2D eigenvalue weighted by atomic mass is 10.3. The molecule has 2 aliphatic heterocycles. The second-order valence-corrected chi connectivity index (χ2v) is 8.29. The quantitative estimate of drug-likeness (QED) is 0.678. The summed E-state index contributed by atoms with van der Waals surface area (Å²) in [6.07, 6.45) is 0.346. The number of carbonyl (C=O) groups excluding carboxylic acids is 3. The van der Waals surface area contributed by atoms with Crippen LogP contribution in [0.1, 0.15) is 12.8 Å². The Morgan fingerprint density at radius 1 is 1.10 bits per heavy atom. The normalized spacial score (nSPS) is 17.9. The van der Waals surface area contributed by atoms with E-state index in [9.17, 15) is 23.2 Å². The number of piperazine rings is 1. The molecule has 4 rings (SSSR count). The maximum Gasteiger partial charge on any atom is 0.240 e. The zero-order valence-corrected chi connectivity index (χ0v) is 17.0. The average molecular weight is 437 g/mol. The average Bonchev–Trinajstić information content (AvgIpc) is 3.27. The van der Waals surface area contributed by atoms with Crippen LogP contribution in [0, 0.1) is 11.6 Å². The van der Waals surface area contributed by atoms with Gasteiger partial charge in [-0.3, -0.25) is 24.2 Å². The lowest BCUT2D eigenvalue weighted by molar-refractivity contribution is -0.142. The fourth-order valence-electron chi connectivity index (χ4n) is 3.60. The van der Waals surface area contributed by atoms with E-state index >= 15 is 0 Å². The Balaban J connectivity index is 1.22. The van der Waals surface area contributed by atoms with Crippen LogP contribution >= 0.6 is 11.3 Å². The first kappa shape index (κ1) is 20.6. The van der Waals surface area contributed by atoms with Crippen LogP contribution in [0.5, 0.6) is 0 Å². The predicted molar refractivity (Wildman–Crippen MR) is 107 cm³/mol. The Morgan fingerprint density at radius 3 is 2.50 bits per heavy atom. The van der Waals surface area contributed by atoms with Gasteiger partial charge in [-0.1, -0.05) is 11.3 Å². The van der Waals surface area contributed by atoms with Crippen molar-refractivity contribution in [2.24, 2.45) is 0 Å². The number of nitrogens with one attached hydrogen (secondary N) is 1. The fraction of sp³-hybridized carbons (Fsp3) is 0.474. The molecular formula is C19H21F2N5O3S. The minimum atomic E-state index is -0.654. The predicted octanol–water partition coefficient (Wildman–Crippen LogP) is 0.962. The number of halogens is 2. The molecule has 160 valence electrons. The van der Waals surface area contributed by atoms with E-state index in [4.69, 9.17) is 0 Å². The van der Waals surface area contributed by atoms with Gasteiger partial charge < -0.3 is 10.2 Å². The number of hydrogen-bond donors (Lipinski definition) is 1. The molecule has 2 fully saturated rings. The van der Waals surface area contributed by atoms with E-state index in [1.165, 1.54) is 17.4 Å². The van der Waals surface area contributed by atoms with E-state index in [1.54, 1.807) is 0 Å². The first-order valence-corrected chi connectivity index (χ1v) is 10.5. The van der Waals surface area contributed by atoms with Crippen molar-refractivity contribution in [3.8, 4) is 0 Å². The lowest BCUT2D eigenvalue weighted by Crippen LogP contribution is -2.49. The van der Waals surface area contributed by atoms with Crippen molar-refractivity contribution in [3.63, 3.8) is 0 Å². The topological polar surface area (TPSA) is 85.8 Å². The van der Waals surface area contributed by atoms with Gasteiger partial charge in [0.15, 0.2) is 10.9 Å². The number of carbonyl (C=O) groups is 3. The standard InChI is InChI=1S/C19H21F2N5O3S/c20-12-9-13(21)18-14(10-12)30-19(23-18)25-7-5-24(6-8-25)4-3-22-15(27)11-26-16(28)1-2-17(26)29/h9-10H,1-8,11H2,(H,22,27). The third-order valence-electron chi connectivity index (χ3n) is 5.25. The van der Waals surface area contributed by atoms with Crippen LogP contribution in [0.2, 0.25) is 0 Å². The van der Waals surface area contributed by atoms with Crippen LogP contribution in [0.25, 0.3) is 10.2 Å². The molecule has 0 spiro atoms. The molecule has 2 aliphatic rings. The summed E-state index contributed by atoms with van der Waals surface area (Å²) in [5.74, 6) is -2.21. The summed E-state index contributed by atoms with van der Waals surface area (Å²) in [7, 11) is 0. The third kappa shape index (κ3) is 4.41. The van der Waals surface area contributed by atoms with E-state index in [2.05, 4.69) is 15.2 Å². The molecule has 2 saturated heterocycles. The second kappa shape index (κ2) is 8.60. The van der Waals surface area contributed by atoms with Gasteiger partial charge in [-0.05, 0) is 6.07 Å². The second-order valence-electron chi connectivity index (χ2n) is 7.28. The highest BCUT2D eigenvalue weighted by atomic mass is 32.1. The van der Waals surface area contributed by atoms with E-state index < -0.39 is 11.6 Å². The SMILES string of the molecule is O=C(CN1C(=O)CCC1=O)NCCN1CCN(c2nc3c(F)cc(F)cc3s2)CC1. The van der Waals surface area contributed by atoms with Crippen molar-refractivity contribution < 1.29 is 23.2 Å². The molecule has 0 aliphatic carbocycles. The molecule has 0 bridgehead atoms. The third-order valence-corrected chi connectivity index (χ3v) is 6.31. The Bertz CT molecular complexity index is 974. The minimum Gasteiger partial charge on any atom is -0.353 e. The molecule has 1 N–H and O–H groups in total. The molecule has 1 aromatic heterocycles. The smallest absolute Gasteiger partial charge is 0.240 e. The highest BCUT2D eigenvalue weighted by Crippen LogP contribution is 2.31. The summed E-state index contributed by atoms with van der Waals surface area (Å²) < 4.78 is 27.7. The van der Waals surface area contributed by atoms with Gasteiger partial charge in [0, 0.05) is 58.2 Å². The van der Waals surface area contributed by atoms with Gasteiger partial charge in [-0.25, -0.2) is 13.8 Å². The van der Waals surface area contributed by atoms with Crippen molar-refractivity contribution in [2.75, 3.05) is 50.7 Å². The van der Waals surface area contributed by atoms with Crippen LogP contribution in [0.3, 0.4) is 0 Å². The summed E-state index contributed by atoms with van der Waals surface area (Å²) in [6, 6.07) is 2.13. The summed E-state index contributed by atoms with van der Waals surface area (Å²) >= 11 is 1.27. The highest BCUT2D eigenvalue weighted by Gasteiger charge is 2.30.